The molecule has 1 aromatic heterocycles. The number of fused-ring (bicyclic) bond motifs is 1. The highest BCUT2D eigenvalue weighted by atomic mass is 79.9. The lowest BCUT2D eigenvalue weighted by molar-refractivity contribution is -0.384. The predicted molar refractivity (Wildman–Crippen MR) is 138 cm³/mol. The molecule has 11 heteroatoms. The van der Waals surface area contributed by atoms with Gasteiger partial charge in [0, 0.05) is 28.1 Å². The smallest absolute Gasteiger partial charge is 0.346 e. The molecule has 1 aliphatic carbocycles. The Morgan fingerprint density at radius 2 is 2.00 bits per heavy atom. The van der Waals surface area contributed by atoms with Gasteiger partial charge in [0.2, 0.25) is 0 Å². The molecule has 3 aromatic rings. The summed E-state index contributed by atoms with van der Waals surface area (Å²) in [5.74, 6) is 0.209. The maximum absolute atomic E-state index is 13.5. The van der Waals surface area contributed by atoms with Crippen LogP contribution >= 0.6 is 15.9 Å². The molecule has 0 N–H and O–H groups in total. The number of benzene rings is 2. The van der Waals surface area contributed by atoms with Crippen LogP contribution in [-0.2, 0) is 9.53 Å². The molecule has 1 fully saturated rings. The van der Waals surface area contributed by atoms with Gasteiger partial charge >= 0.3 is 5.97 Å². The van der Waals surface area contributed by atoms with E-state index in [1.165, 1.54) is 43.1 Å². The van der Waals surface area contributed by atoms with Crippen LogP contribution in [0.1, 0.15) is 56.3 Å². The average Bonchev–Trinajstić information content (AvgIpc) is 2.88. The Morgan fingerprint density at radius 3 is 2.69 bits per heavy atom. The zero-order chi connectivity index (χ0) is 25.8. The highest BCUT2D eigenvalue weighted by molar-refractivity contribution is 9.10. The quantitative estimate of drug-likeness (QED) is 0.174. The second-order valence-electron chi connectivity index (χ2n) is 8.59. The Balaban J connectivity index is 1.84. The summed E-state index contributed by atoms with van der Waals surface area (Å²) in [6.07, 6.45) is 5.37. The van der Waals surface area contributed by atoms with Crippen LogP contribution in [0.15, 0.2) is 50.8 Å². The SMILES string of the molecule is COC(=O)[C@H](C)Oc1ccc([N+](=O)[O-])cc1C=Nn1c(C2CCCCC2)nc2ccc(Br)cc2c1=O. The van der Waals surface area contributed by atoms with Gasteiger partial charge in [0.1, 0.15) is 11.6 Å². The van der Waals surface area contributed by atoms with Crippen molar-refractivity contribution in [2.45, 2.75) is 51.0 Å². The summed E-state index contributed by atoms with van der Waals surface area (Å²) >= 11 is 3.40. The third-order valence-corrected chi connectivity index (χ3v) is 6.65. The van der Waals surface area contributed by atoms with Crippen molar-refractivity contribution in [3.63, 3.8) is 0 Å². The fourth-order valence-corrected chi connectivity index (χ4v) is 4.65. The molecule has 0 saturated heterocycles. The minimum atomic E-state index is -0.955. The summed E-state index contributed by atoms with van der Waals surface area (Å²) in [5.41, 5.74) is 0.293. The van der Waals surface area contributed by atoms with Crippen molar-refractivity contribution in [3.8, 4) is 5.75 Å². The van der Waals surface area contributed by atoms with E-state index in [2.05, 4.69) is 21.0 Å². The summed E-state index contributed by atoms with van der Waals surface area (Å²) in [7, 11) is 1.24. The Bertz CT molecular complexity index is 1400. The van der Waals surface area contributed by atoms with E-state index >= 15 is 0 Å². The van der Waals surface area contributed by atoms with Crippen LogP contribution in [0.5, 0.6) is 5.75 Å². The van der Waals surface area contributed by atoms with Gasteiger partial charge in [-0.15, -0.1) is 0 Å². The van der Waals surface area contributed by atoms with Gasteiger partial charge < -0.3 is 9.47 Å². The van der Waals surface area contributed by atoms with Gasteiger partial charge in [-0.2, -0.15) is 9.78 Å². The highest BCUT2D eigenvalue weighted by Crippen LogP contribution is 2.32. The molecule has 1 atom stereocenters. The van der Waals surface area contributed by atoms with E-state index in [0.29, 0.717) is 16.7 Å². The summed E-state index contributed by atoms with van der Waals surface area (Å²) in [6, 6.07) is 9.26. The first-order chi connectivity index (χ1) is 17.3. The average molecular weight is 557 g/mol. The first-order valence-corrected chi connectivity index (χ1v) is 12.4. The van der Waals surface area contributed by atoms with Crippen LogP contribution in [0.25, 0.3) is 10.9 Å². The molecule has 0 spiro atoms. The van der Waals surface area contributed by atoms with Gasteiger partial charge in [-0.05, 0) is 44.0 Å². The molecule has 0 amide bonds. The van der Waals surface area contributed by atoms with Crippen molar-refractivity contribution in [3.05, 3.63) is 72.7 Å². The van der Waals surface area contributed by atoms with E-state index in [-0.39, 0.29) is 28.5 Å². The first kappa shape index (κ1) is 25.5. The van der Waals surface area contributed by atoms with Gasteiger partial charge in [0.25, 0.3) is 11.2 Å². The van der Waals surface area contributed by atoms with Gasteiger partial charge in [-0.3, -0.25) is 14.9 Å². The monoisotopic (exact) mass is 556 g/mol. The molecular weight excluding hydrogens is 532 g/mol. The standard InChI is InChI=1S/C25H25BrN4O6/c1-15(25(32)35-2)36-22-11-9-19(30(33)34)12-17(22)14-27-29-23(16-6-4-3-5-7-16)28-21-10-8-18(26)13-20(21)24(29)31/h8-16H,3-7H2,1-2H3/t15-/m0/s1. The Kier molecular flexibility index (Phi) is 7.78. The number of methoxy groups -OCH3 is 1. The van der Waals surface area contributed by atoms with Crippen LogP contribution < -0.4 is 10.3 Å². The molecule has 10 nitrogen and oxygen atoms in total. The van der Waals surface area contributed by atoms with E-state index in [4.69, 9.17) is 14.5 Å². The Labute approximate surface area is 215 Å². The molecule has 0 radical (unpaired) electrons. The van der Waals surface area contributed by atoms with Crippen LogP contribution in [0.4, 0.5) is 5.69 Å². The number of non-ortho nitro benzene ring substituents is 1. The van der Waals surface area contributed by atoms with E-state index < -0.39 is 17.0 Å². The Hall–Kier alpha value is -3.60. The number of halogens is 1. The van der Waals surface area contributed by atoms with Crippen molar-refractivity contribution >= 4 is 44.7 Å². The van der Waals surface area contributed by atoms with Crippen LogP contribution in [0.2, 0.25) is 0 Å². The molecule has 1 aliphatic rings. The maximum Gasteiger partial charge on any atom is 0.346 e. The molecule has 36 heavy (non-hydrogen) atoms. The third kappa shape index (κ3) is 5.46. The topological polar surface area (TPSA) is 126 Å². The zero-order valence-corrected chi connectivity index (χ0v) is 21.4. The van der Waals surface area contributed by atoms with Crippen molar-refractivity contribution in [2.75, 3.05) is 7.11 Å². The molecule has 0 aliphatic heterocycles. The summed E-state index contributed by atoms with van der Waals surface area (Å²) in [6.45, 7) is 1.50. The van der Waals surface area contributed by atoms with Crippen molar-refractivity contribution in [2.24, 2.45) is 5.10 Å². The largest absolute Gasteiger partial charge is 0.478 e. The Morgan fingerprint density at radius 1 is 1.25 bits per heavy atom. The summed E-state index contributed by atoms with van der Waals surface area (Å²) in [5, 5.41) is 16.2. The first-order valence-electron chi connectivity index (χ1n) is 11.6. The van der Waals surface area contributed by atoms with Crippen molar-refractivity contribution < 1.29 is 19.2 Å². The number of nitro benzene ring substituents is 1. The normalized spacial score (nSPS) is 15.2. The molecule has 2 aromatic carbocycles. The predicted octanol–water partition coefficient (Wildman–Crippen LogP) is 4.94. The second-order valence-corrected chi connectivity index (χ2v) is 9.51. The number of carbonyl (C=O) groups is 1. The lowest BCUT2D eigenvalue weighted by Gasteiger charge is -2.22. The molecular formula is C25H25BrN4O6. The van der Waals surface area contributed by atoms with E-state index in [1.54, 1.807) is 12.1 Å². The molecule has 188 valence electrons. The number of rotatable bonds is 7. The van der Waals surface area contributed by atoms with Gasteiger partial charge in [0.15, 0.2) is 6.10 Å². The molecule has 1 heterocycles. The molecule has 0 unspecified atom stereocenters. The number of nitrogens with zero attached hydrogens (tertiary/aromatic N) is 4. The number of carbonyl (C=O) groups excluding carboxylic acids is 1. The van der Waals surface area contributed by atoms with E-state index in [0.717, 1.165) is 36.6 Å². The number of aromatic nitrogens is 2. The number of hydrogen-bond donors (Lipinski definition) is 0. The highest BCUT2D eigenvalue weighted by Gasteiger charge is 2.23. The summed E-state index contributed by atoms with van der Waals surface area (Å²) in [4.78, 5) is 41.0. The number of ether oxygens (including phenoxy) is 2. The minimum absolute atomic E-state index is 0.0665. The van der Waals surface area contributed by atoms with Gasteiger partial charge in [-0.1, -0.05) is 35.2 Å². The van der Waals surface area contributed by atoms with Crippen molar-refractivity contribution in [1.82, 2.24) is 9.66 Å². The van der Waals surface area contributed by atoms with Crippen LogP contribution in [0.3, 0.4) is 0 Å². The summed E-state index contributed by atoms with van der Waals surface area (Å²) < 4.78 is 12.4. The van der Waals surface area contributed by atoms with Crippen LogP contribution in [-0.4, -0.2) is 40.0 Å². The number of nitro groups is 1. The maximum atomic E-state index is 13.5. The van der Waals surface area contributed by atoms with Crippen LogP contribution in [0, 0.1) is 10.1 Å². The van der Waals surface area contributed by atoms with Gasteiger partial charge in [-0.25, -0.2) is 9.78 Å². The van der Waals surface area contributed by atoms with Gasteiger partial charge in [0.05, 0.1) is 29.2 Å². The zero-order valence-electron chi connectivity index (χ0n) is 19.8. The third-order valence-electron chi connectivity index (χ3n) is 6.16. The molecule has 1 saturated carbocycles. The van der Waals surface area contributed by atoms with E-state index in [9.17, 15) is 19.7 Å². The minimum Gasteiger partial charge on any atom is -0.478 e. The lowest BCUT2D eigenvalue weighted by Crippen LogP contribution is -2.26. The van der Waals surface area contributed by atoms with Crippen molar-refractivity contribution in [1.29, 1.82) is 0 Å². The molecule has 4 rings (SSSR count). The number of hydrogen-bond acceptors (Lipinski definition) is 8. The number of esters is 1. The second kappa shape index (κ2) is 11.0. The molecule has 0 bridgehead atoms. The fraction of sp³-hybridized carbons (Fsp3) is 0.360. The fourth-order valence-electron chi connectivity index (χ4n) is 4.28. The van der Waals surface area contributed by atoms with E-state index in [1.807, 2.05) is 6.07 Å². The lowest BCUT2D eigenvalue weighted by atomic mass is 9.88.